The predicted molar refractivity (Wildman–Crippen MR) is 102 cm³/mol. The molecule has 1 aliphatic carbocycles. The molecule has 138 valence electrons. The zero-order valence-corrected chi connectivity index (χ0v) is 15.2. The van der Waals surface area contributed by atoms with E-state index in [1.165, 1.54) is 42.0 Å². The van der Waals surface area contributed by atoms with Crippen molar-refractivity contribution in [1.82, 2.24) is 4.90 Å². The first-order valence-corrected chi connectivity index (χ1v) is 9.82. The number of rotatable bonds is 5. The number of carboxylic acids is 1. The highest BCUT2D eigenvalue weighted by molar-refractivity contribution is 5.84. The van der Waals surface area contributed by atoms with Crippen molar-refractivity contribution < 1.29 is 14.6 Å². The van der Waals surface area contributed by atoms with Crippen molar-refractivity contribution in [1.29, 1.82) is 0 Å². The molecule has 1 N–H and O–H groups in total. The van der Waals surface area contributed by atoms with E-state index < -0.39 is 5.97 Å². The Hall–Kier alpha value is -2.07. The zero-order chi connectivity index (χ0) is 17.9. The SMILES string of the molecule is O=C(O)C1CCN(Cc2ccc3cc(OC4CCCC4)ccc3c2)CC1. The number of piperidine rings is 1. The maximum absolute atomic E-state index is 11.1. The molecule has 0 aromatic heterocycles. The second-order valence-corrected chi connectivity index (χ2v) is 7.76. The second kappa shape index (κ2) is 7.67. The molecule has 0 radical (unpaired) electrons. The van der Waals surface area contributed by atoms with Crippen LogP contribution in [0.4, 0.5) is 0 Å². The topological polar surface area (TPSA) is 49.8 Å². The average Bonchev–Trinajstić information content (AvgIpc) is 3.15. The Balaban J connectivity index is 1.40. The van der Waals surface area contributed by atoms with Gasteiger partial charge in [0.1, 0.15) is 5.75 Å². The van der Waals surface area contributed by atoms with Gasteiger partial charge >= 0.3 is 5.97 Å². The summed E-state index contributed by atoms with van der Waals surface area (Å²) in [5.41, 5.74) is 1.29. The molecule has 4 heteroatoms. The van der Waals surface area contributed by atoms with Crippen LogP contribution in [0.2, 0.25) is 0 Å². The van der Waals surface area contributed by atoms with Crippen molar-refractivity contribution in [2.45, 2.75) is 51.2 Å². The molecule has 0 spiro atoms. The largest absolute Gasteiger partial charge is 0.490 e. The van der Waals surface area contributed by atoms with Gasteiger partial charge in [-0.2, -0.15) is 0 Å². The van der Waals surface area contributed by atoms with Crippen LogP contribution in [0, 0.1) is 5.92 Å². The quantitative estimate of drug-likeness (QED) is 0.862. The monoisotopic (exact) mass is 353 g/mol. The normalized spacial score (nSPS) is 19.8. The molecule has 0 atom stereocenters. The van der Waals surface area contributed by atoms with E-state index in [0.29, 0.717) is 6.10 Å². The van der Waals surface area contributed by atoms with Crippen LogP contribution in [0.15, 0.2) is 36.4 Å². The molecular weight excluding hydrogens is 326 g/mol. The van der Waals surface area contributed by atoms with E-state index in [4.69, 9.17) is 9.84 Å². The summed E-state index contributed by atoms with van der Waals surface area (Å²) in [4.78, 5) is 13.4. The van der Waals surface area contributed by atoms with Crippen LogP contribution < -0.4 is 4.74 Å². The molecule has 1 saturated carbocycles. The van der Waals surface area contributed by atoms with Crippen LogP contribution in [0.1, 0.15) is 44.1 Å². The third-order valence-electron chi connectivity index (χ3n) is 5.82. The molecule has 1 heterocycles. The molecule has 1 saturated heterocycles. The highest BCUT2D eigenvalue weighted by Crippen LogP contribution is 2.28. The molecule has 4 rings (SSSR count). The first kappa shape index (κ1) is 17.3. The Morgan fingerprint density at radius 1 is 1.00 bits per heavy atom. The lowest BCUT2D eigenvalue weighted by molar-refractivity contribution is -0.143. The minimum absolute atomic E-state index is 0.166. The molecule has 2 aromatic carbocycles. The molecule has 2 fully saturated rings. The number of likely N-dealkylation sites (tertiary alicyclic amines) is 1. The molecule has 1 aliphatic heterocycles. The van der Waals surface area contributed by atoms with Crippen molar-refractivity contribution in [2.75, 3.05) is 13.1 Å². The number of benzene rings is 2. The first-order chi connectivity index (χ1) is 12.7. The van der Waals surface area contributed by atoms with Crippen LogP contribution in [0.25, 0.3) is 10.8 Å². The van der Waals surface area contributed by atoms with Gasteiger partial charge in [-0.05, 0) is 86.1 Å². The van der Waals surface area contributed by atoms with Crippen LogP contribution >= 0.6 is 0 Å². The Bertz CT molecular complexity index is 774. The smallest absolute Gasteiger partial charge is 0.306 e. The zero-order valence-electron chi connectivity index (χ0n) is 15.2. The number of hydrogen-bond donors (Lipinski definition) is 1. The first-order valence-electron chi connectivity index (χ1n) is 9.82. The fourth-order valence-corrected chi connectivity index (χ4v) is 4.24. The summed E-state index contributed by atoms with van der Waals surface area (Å²) >= 11 is 0. The molecule has 4 nitrogen and oxygen atoms in total. The number of carboxylic acid groups (broad SMARTS) is 1. The molecule has 26 heavy (non-hydrogen) atoms. The molecular formula is C22H27NO3. The van der Waals surface area contributed by atoms with Gasteiger partial charge in [0.05, 0.1) is 12.0 Å². The standard InChI is InChI=1S/C22H27NO3/c24-22(25)17-9-11-23(12-10-17)15-16-5-6-19-14-21(8-7-18(19)13-16)26-20-3-1-2-4-20/h5-8,13-14,17,20H,1-4,9-12,15H2,(H,24,25). The number of ether oxygens (including phenoxy) is 1. The molecule has 0 bridgehead atoms. The van der Waals surface area contributed by atoms with E-state index in [9.17, 15) is 4.79 Å². The maximum Gasteiger partial charge on any atom is 0.306 e. The molecule has 2 aromatic rings. The number of hydrogen-bond acceptors (Lipinski definition) is 3. The number of aliphatic carboxylic acids is 1. The van der Waals surface area contributed by atoms with E-state index in [2.05, 4.69) is 41.3 Å². The van der Waals surface area contributed by atoms with Gasteiger partial charge in [-0.15, -0.1) is 0 Å². The van der Waals surface area contributed by atoms with E-state index in [1.54, 1.807) is 0 Å². The van der Waals surface area contributed by atoms with E-state index in [-0.39, 0.29) is 5.92 Å². The van der Waals surface area contributed by atoms with Gasteiger partial charge in [-0.25, -0.2) is 0 Å². The van der Waals surface area contributed by atoms with Crippen LogP contribution in [0.5, 0.6) is 5.75 Å². The van der Waals surface area contributed by atoms with Gasteiger partial charge < -0.3 is 9.84 Å². The molecule has 0 unspecified atom stereocenters. The van der Waals surface area contributed by atoms with Crippen LogP contribution in [-0.4, -0.2) is 35.2 Å². The minimum Gasteiger partial charge on any atom is -0.490 e. The second-order valence-electron chi connectivity index (χ2n) is 7.76. The fourth-order valence-electron chi connectivity index (χ4n) is 4.24. The van der Waals surface area contributed by atoms with Crippen molar-refractivity contribution in [3.8, 4) is 5.75 Å². The summed E-state index contributed by atoms with van der Waals surface area (Å²) in [6.07, 6.45) is 6.82. The highest BCUT2D eigenvalue weighted by atomic mass is 16.5. The summed E-state index contributed by atoms with van der Waals surface area (Å²) in [6, 6.07) is 13.0. The fraction of sp³-hybridized carbons (Fsp3) is 0.500. The van der Waals surface area contributed by atoms with Gasteiger partial charge in [0, 0.05) is 6.54 Å². The molecule has 2 aliphatic rings. The lowest BCUT2D eigenvalue weighted by Gasteiger charge is -2.30. The minimum atomic E-state index is -0.647. The van der Waals surface area contributed by atoms with Gasteiger partial charge in [-0.3, -0.25) is 9.69 Å². The van der Waals surface area contributed by atoms with Crippen LogP contribution in [0.3, 0.4) is 0 Å². The van der Waals surface area contributed by atoms with E-state index >= 15 is 0 Å². The van der Waals surface area contributed by atoms with Gasteiger partial charge in [0.25, 0.3) is 0 Å². The third-order valence-corrected chi connectivity index (χ3v) is 5.82. The Morgan fingerprint density at radius 2 is 1.69 bits per heavy atom. The summed E-state index contributed by atoms with van der Waals surface area (Å²) in [5.74, 6) is 0.167. The summed E-state index contributed by atoms with van der Waals surface area (Å²) < 4.78 is 6.11. The van der Waals surface area contributed by atoms with Gasteiger partial charge in [-0.1, -0.05) is 18.2 Å². The highest BCUT2D eigenvalue weighted by Gasteiger charge is 2.24. The lowest BCUT2D eigenvalue weighted by atomic mass is 9.96. The number of carbonyl (C=O) groups is 1. The van der Waals surface area contributed by atoms with Crippen molar-refractivity contribution >= 4 is 16.7 Å². The summed E-state index contributed by atoms with van der Waals surface area (Å²) in [5, 5.41) is 11.6. The molecule has 0 amide bonds. The Morgan fingerprint density at radius 3 is 2.42 bits per heavy atom. The van der Waals surface area contributed by atoms with E-state index in [0.717, 1.165) is 38.2 Å². The van der Waals surface area contributed by atoms with Gasteiger partial charge in [0.2, 0.25) is 0 Å². The van der Waals surface area contributed by atoms with E-state index in [1.807, 2.05) is 0 Å². The van der Waals surface area contributed by atoms with Crippen molar-refractivity contribution in [2.24, 2.45) is 5.92 Å². The number of fused-ring (bicyclic) bond motifs is 1. The predicted octanol–water partition coefficient (Wildman–Crippen LogP) is 4.46. The number of nitrogens with zero attached hydrogens (tertiary/aromatic N) is 1. The lowest BCUT2D eigenvalue weighted by Crippen LogP contribution is -2.35. The van der Waals surface area contributed by atoms with Crippen molar-refractivity contribution in [3.05, 3.63) is 42.0 Å². The average molecular weight is 353 g/mol. The summed E-state index contributed by atoms with van der Waals surface area (Å²) in [7, 11) is 0. The third kappa shape index (κ3) is 4.01. The Labute approximate surface area is 154 Å². The van der Waals surface area contributed by atoms with Crippen LogP contribution in [-0.2, 0) is 11.3 Å². The Kier molecular flexibility index (Phi) is 5.11. The summed E-state index contributed by atoms with van der Waals surface area (Å²) in [6.45, 7) is 2.62. The van der Waals surface area contributed by atoms with Crippen molar-refractivity contribution in [3.63, 3.8) is 0 Å². The van der Waals surface area contributed by atoms with Gasteiger partial charge in [0.15, 0.2) is 0 Å². The maximum atomic E-state index is 11.1.